The summed E-state index contributed by atoms with van der Waals surface area (Å²) in [6, 6.07) is 7.12. The van der Waals surface area contributed by atoms with E-state index in [1.54, 1.807) is 30.3 Å². The van der Waals surface area contributed by atoms with Gasteiger partial charge < -0.3 is 30.9 Å². The average molecular weight is 255 g/mol. The van der Waals surface area contributed by atoms with Crippen molar-refractivity contribution in [1.82, 2.24) is 0 Å². The summed E-state index contributed by atoms with van der Waals surface area (Å²) >= 11 is 0. The minimum Gasteiger partial charge on any atom is -0.394 e. The normalized spacial score (nSPS) is 40.7. The second kappa shape index (κ2) is 4.93. The lowest BCUT2D eigenvalue weighted by atomic mass is 9.87. The van der Waals surface area contributed by atoms with Gasteiger partial charge in [-0.05, 0) is 0 Å². The number of benzene rings is 1. The second-order valence-electron chi connectivity index (χ2n) is 4.41. The summed E-state index contributed by atoms with van der Waals surface area (Å²) in [6.45, 7) is -0.528. The van der Waals surface area contributed by atoms with E-state index in [2.05, 4.69) is 0 Å². The van der Waals surface area contributed by atoms with Gasteiger partial charge in [0.15, 0.2) is 0 Å². The van der Waals surface area contributed by atoms with Crippen LogP contribution in [0.2, 0.25) is 0 Å². The van der Waals surface area contributed by atoms with Gasteiger partial charge >= 0.3 is 0 Å². The van der Waals surface area contributed by atoms with Crippen LogP contribution in [0.3, 0.4) is 0 Å². The van der Waals surface area contributed by atoms with Crippen LogP contribution in [0.15, 0.2) is 30.3 Å². The van der Waals surface area contributed by atoms with Gasteiger partial charge in [-0.2, -0.15) is 0 Å². The lowest BCUT2D eigenvalue weighted by molar-refractivity contribution is -0.322. The molecule has 0 aliphatic carbocycles. The number of hydrogen-bond acceptors (Lipinski definition) is 6. The van der Waals surface area contributed by atoms with Crippen LogP contribution in [0.5, 0.6) is 0 Å². The molecule has 1 aliphatic heterocycles. The van der Waals surface area contributed by atoms with Crippen LogP contribution in [0.4, 0.5) is 0 Å². The summed E-state index contributed by atoms with van der Waals surface area (Å²) in [4.78, 5) is 0. The van der Waals surface area contributed by atoms with Crippen molar-refractivity contribution in [2.75, 3.05) is 6.61 Å². The lowest BCUT2D eigenvalue weighted by Crippen LogP contribution is -2.66. The van der Waals surface area contributed by atoms with Crippen LogP contribution in [-0.4, -0.2) is 51.4 Å². The Labute approximate surface area is 104 Å². The van der Waals surface area contributed by atoms with Crippen molar-refractivity contribution in [3.05, 3.63) is 35.9 Å². The van der Waals surface area contributed by atoms with Crippen molar-refractivity contribution in [3.8, 4) is 0 Å². The molecule has 1 fully saturated rings. The van der Waals surface area contributed by atoms with Crippen LogP contribution >= 0.6 is 0 Å². The summed E-state index contributed by atoms with van der Waals surface area (Å²) in [5.74, 6) is -1.94. The van der Waals surface area contributed by atoms with Gasteiger partial charge in [0.1, 0.15) is 18.3 Å². The maximum atomic E-state index is 10.5. The molecule has 0 amide bonds. The smallest absolute Gasteiger partial charge is 0.211 e. The Morgan fingerprint density at radius 3 is 2.33 bits per heavy atom. The highest BCUT2D eigenvalue weighted by molar-refractivity contribution is 5.24. The van der Waals surface area contributed by atoms with Crippen molar-refractivity contribution >= 4 is 0 Å². The summed E-state index contributed by atoms with van der Waals surface area (Å²) in [6.07, 6.45) is -3.82. The number of aliphatic hydroxyl groups is 4. The molecule has 6 N–H and O–H groups in total. The third-order valence-electron chi connectivity index (χ3n) is 3.25. The first-order valence-corrected chi connectivity index (χ1v) is 5.69. The van der Waals surface area contributed by atoms with E-state index in [0.717, 1.165) is 0 Å². The molecule has 18 heavy (non-hydrogen) atoms. The number of nitrogens with two attached hydrogens (primary N) is 1. The molecule has 0 spiro atoms. The number of rotatable bonds is 2. The molecule has 0 aromatic heterocycles. The van der Waals surface area contributed by atoms with Gasteiger partial charge in [-0.3, -0.25) is 0 Å². The largest absolute Gasteiger partial charge is 0.394 e. The Balaban J connectivity index is 2.37. The standard InChI is InChI=1S/C12H17NO5/c13-11-10(16)9(15)8(6-14)18-12(11,17)7-4-2-1-3-5-7/h1-5,8-11,14-17H,6,13H2/t8-,9-,10+,11-,12-/m1/s1. The zero-order chi connectivity index (χ0) is 13.3. The van der Waals surface area contributed by atoms with Gasteiger partial charge in [-0.1, -0.05) is 30.3 Å². The minimum absolute atomic E-state index is 0.363. The molecule has 0 bridgehead atoms. The number of hydrogen-bond donors (Lipinski definition) is 5. The Bertz CT molecular complexity index is 399. The van der Waals surface area contributed by atoms with Crippen LogP contribution in [0, 0.1) is 0 Å². The van der Waals surface area contributed by atoms with Crippen molar-refractivity contribution in [1.29, 1.82) is 0 Å². The van der Waals surface area contributed by atoms with Crippen LogP contribution in [0.25, 0.3) is 0 Å². The summed E-state index contributed by atoms with van der Waals surface area (Å²) < 4.78 is 5.27. The lowest BCUT2D eigenvalue weighted by Gasteiger charge is -2.46. The van der Waals surface area contributed by atoms with Crippen molar-refractivity contribution < 1.29 is 25.2 Å². The third kappa shape index (κ3) is 2.03. The fourth-order valence-corrected chi connectivity index (χ4v) is 2.13. The highest BCUT2D eigenvalue weighted by atomic mass is 16.6. The van der Waals surface area contributed by atoms with Crippen LogP contribution in [-0.2, 0) is 10.5 Å². The first kappa shape index (κ1) is 13.4. The van der Waals surface area contributed by atoms with E-state index in [1.807, 2.05) is 0 Å². The topological polar surface area (TPSA) is 116 Å². The van der Waals surface area contributed by atoms with Gasteiger partial charge in [0.2, 0.25) is 5.79 Å². The molecule has 1 aliphatic rings. The van der Waals surface area contributed by atoms with Gasteiger partial charge in [-0.25, -0.2) is 0 Å². The van der Waals surface area contributed by atoms with E-state index >= 15 is 0 Å². The molecule has 0 radical (unpaired) electrons. The first-order valence-electron chi connectivity index (χ1n) is 5.69. The molecule has 100 valence electrons. The first-order chi connectivity index (χ1) is 8.50. The Hall–Kier alpha value is -1.02. The maximum absolute atomic E-state index is 10.5. The molecule has 1 aromatic rings. The molecule has 1 heterocycles. The molecule has 5 atom stereocenters. The van der Waals surface area contributed by atoms with Gasteiger partial charge in [0.05, 0.1) is 12.6 Å². The predicted molar refractivity (Wildman–Crippen MR) is 62.3 cm³/mol. The molecule has 2 rings (SSSR count). The fraction of sp³-hybridized carbons (Fsp3) is 0.500. The van der Waals surface area contributed by atoms with Crippen molar-refractivity contribution in [2.45, 2.75) is 30.1 Å². The summed E-state index contributed by atoms with van der Waals surface area (Å²) in [5, 5.41) is 39.0. The van der Waals surface area contributed by atoms with E-state index in [-0.39, 0.29) is 0 Å². The van der Waals surface area contributed by atoms with Gasteiger partial charge in [-0.15, -0.1) is 0 Å². The Morgan fingerprint density at radius 2 is 1.78 bits per heavy atom. The Kier molecular flexibility index (Phi) is 3.67. The molecule has 6 heteroatoms. The number of ether oxygens (including phenoxy) is 1. The monoisotopic (exact) mass is 255 g/mol. The third-order valence-corrected chi connectivity index (χ3v) is 3.25. The SMILES string of the molecule is N[C@@H]1[C@@H](O)[C@H](O)[C@@H](CO)O[C@]1(O)c1ccccc1. The molecular weight excluding hydrogens is 238 g/mol. The van der Waals surface area contributed by atoms with E-state index in [4.69, 9.17) is 15.6 Å². The molecule has 1 saturated heterocycles. The zero-order valence-electron chi connectivity index (χ0n) is 9.68. The molecule has 1 aromatic carbocycles. The van der Waals surface area contributed by atoms with Crippen molar-refractivity contribution in [2.24, 2.45) is 5.73 Å². The maximum Gasteiger partial charge on any atom is 0.211 e. The molecule has 0 unspecified atom stereocenters. The molecular formula is C12H17NO5. The highest BCUT2D eigenvalue weighted by Gasteiger charge is 2.52. The van der Waals surface area contributed by atoms with E-state index < -0.39 is 36.7 Å². The van der Waals surface area contributed by atoms with Crippen LogP contribution in [0.1, 0.15) is 5.56 Å². The zero-order valence-corrected chi connectivity index (χ0v) is 9.68. The molecule has 0 saturated carbocycles. The predicted octanol–water partition coefficient (Wildman–Crippen LogP) is -1.73. The van der Waals surface area contributed by atoms with Gasteiger partial charge in [0.25, 0.3) is 0 Å². The highest BCUT2D eigenvalue weighted by Crippen LogP contribution is 2.34. The second-order valence-corrected chi connectivity index (χ2v) is 4.41. The van der Waals surface area contributed by atoms with E-state index in [9.17, 15) is 15.3 Å². The van der Waals surface area contributed by atoms with E-state index in [0.29, 0.717) is 5.56 Å². The number of aliphatic hydroxyl groups excluding tert-OH is 3. The van der Waals surface area contributed by atoms with E-state index in [1.165, 1.54) is 0 Å². The van der Waals surface area contributed by atoms with Crippen molar-refractivity contribution in [3.63, 3.8) is 0 Å². The fourth-order valence-electron chi connectivity index (χ4n) is 2.13. The quantitative estimate of drug-likeness (QED) is 0.429. The summed E-state index contributed by atoms with van der Waals surface area (Å²) in [7, 11) is 0. The van der Waals surface area contributed by atoms with Gasteiger partial charge in [0, 0.05) is 5.56 Å². The molecule has 6 nitrogen and oxygen atoms in total. The van der Waals surface area contributed by atoms with Crippen LogP contribution < -0.4 is 5.73 Å². The minimum atomic E-state index is -1.94. The average Bonchev–Trinajstić information content (AvgIpc) is 2.41. The summed E-state index contributed by atoms with van der Waals surface area (Å²) in [5.41, 5.74) is 6.09. The Morgan fingerprint density at radius 1 is 1.17 bits per heavy atom.